The van der Waals surface area contributed by atoms with Crippen molar-refractivity contribution < 1.29 is 0 Å². The number of aromatic nitrogens is 4. The molecule has 7 heteroatoms. The molecule has 3 rings (SSSR count). The Labute approximate surface area is 195 Å². The molecular formula is C23H29Cl3N4. The van der Waals surface area contributed by atoms with E-state index in [1.807, 2.05) is 44.3 Å². The second-order valence-corrected chi connectivity index (χ2v) is 8.80. The standard InChI is InChI=1S/2C8H10ClN.C7H9ClN2/c1-6(2)8-4-3-7(9)5-10-8;1-6(2)7-3-4-8(9)10-5-7;1-5(2)7-9-3-6(8)4-10-7/h2*3-6H,1-2H3;3-5H,1-2H3. The first-order valence-corrected chi connectivity index (χ1v) is 10.9. The van der Waals surface area contributed by atoms with Gasteiger partial charge in [-0.05, 0) is 35.6 Å². The van der Waals surface area contributed by atoms with Crippen molar-refractivity contribution in [1.82, 2.24) is 19.9 Å². The summed E-state index contributed by atoms with van der Waals surface area (Å²) in [5.74, 6) is 2.23. The van der Waals surface area contributed by atoms with Crippen LogP contribution in [0.25, 0.3) is 0 Å². The maximum Gasteiger partial charge on any atom is 0.130 e. The molecule has 0 spiro atoms. The fourth-order valence-electron chi connectivity index (χ4n) is 2.08. The maximum atomic E-state index is 5.65. The van der Waals surface area contributed by atoms with E-state index in [0.717, 1.165) is 11.5 Å². The minimum absolute atomic E-state index is 0.372. The first-order chi connectivity index (χ1) is 14.1. The van der Waals surface area contributed by atoms with Crippen molar-refractivity contribution in [2.24, 2.45) is 0 Å². The molecule has 0 bridgehead atoms. The molecule has 0 atom stereocenters. The van der Waals surface area contributed by atoms with Crippen LogP contribution in [-0.2, 0) is 0 Å². The van der Waals surface area contributed by atoms with Gasteiger partial charge in [0.1, 0.15) is 11.0 Å². The van der Waals surface area contributed by atoms with Crippen LogP contribution in [0.4, 0.5) is 0 Å². The van der Waals surface area contributed by atoms with Crippen molar-refractivity contribution in [3.8, 4) is 0 Å². The molecule has 0 saturated heterocycles. The summed E-state index contributed by atoms with van der Waals surface area (Å²) in [6.45, 7) is 12.6. The molecule has 0 amide bonds. The summed E-state index contributed by atoms with van der Waals surface area (Å²) >= 11 is 16.9. The molecule has 0 unspecified atom stereocenters. The first-order valence-electron chi connectivity index (χ1n) is 9.80. The van der Waals surface area contributed by atoms with Crippen molar-refractivity contribution >= 4 is 34.8 Å². The molecule has 0 saturated carbocycles. The number of halogens is 3. The number of hydrogen-bond donors (Lipinski definition) is 0. The van der Waals surface area contributed by atoms with Crippen molar-refractivity contribution in [1.29, 1.82) is 0 Å². The SMILES string of the molecule is CC(C)c1ccc(Cl)cn1.CC(C)c1ccc(Cl)nc1.CC(C)c1ncc(Cl)cn1. The van der Waals surface area contributed by atoms with E-state index >= 15 is 0 Å². The quantitative estimate of drug-likeness (QED) is 0.366. The molecule has 30 heavy (non-hydrogen) atoms. The van der Waals surface area contributed by atoms with Gasteiger partial charge in [-0.15, -0.1) is 0 Å². The van der Waals surface area contributed by atoms with E-state index in [1.165, 1.54) is 5.56 Å². The van der Waals surface area contributed by atoms with Gasteiger partial charge in [0.05, 0.1) is 10.0 Å². The molecule has 0 fully saturated rings. The lowest BCUT2D eigenvalue weighted by Gasteiger charge is -2.02. The van der Waals surface area contributed by atoms with Crippen LogP contribution >= 0.6 is 34.8 Å². The fraction of sp³-hybridized carbons (Fsp3) is 0.391. The molecule has 4 nitrogen and oxygen atoms in total. The van der Waals surface area contributed by atoms with Gasteiger partial charge in [0.25, 0.3) is 0 Å². The van der Waals surface area contributed by atoms with E-state index in [0.29, 0.717) is 33.0 Å². The lowest BCUT2D eigenvalue weighted by Crippen LogP contribution is -1.94. The van der Waals surface area contributed by atoms with Gasteiger partial charge in [-0.2, -0.15) is 0 Å². The number of pyridine rings is 2. The minimum atomic E-state index is 0.372. The summed E-state index contributed by atoms with van der Waals surface area (Å²) in [5.41, 5.74) is 2.31. The molecular weight excluding hydrogens is 439 g/mol. The van der Waals surface area contributed by atoms with Gasteiger partial charge in [0.2, 0.25) is 0 Å². The third-order valence-corrected chi connectivity index (χ3v) is 4.56. The van der Waals surface area contributed by atoms with E-state index in [-0.39, 0.29) is 0 Å². The van der Waals surface area contributed by atoms with Crippen molar-refractivity contribution in [2.75, 3.05) is 0 Å². The van der Waals surface area contributed by atoms with Crippen molar-refractivity contribution in [3.05, 3.63) is 81.3 Å². The number of nitrogens with zero attached hydrogens (tertiary/aromatic N) is 4. The third kappa shape index (κ3) is 10.3. The third-order valence-electron chi connectivity index (χ3n) is 3.92. The molecule has 3 aromatic rings. The van der Waals surface area contributed by atoms with Gasteiger partial charge < -0.3 is 0 Å². The average Bonchev–Trinajstić information content (AvgIpc) is 2.70. The summed E-state index contributed by atoms with van der Waals surface area (Å²) in [7, 11) is 0. The highest BCUT2D eigenvalue weighted by Gasteiger charge is 2.00. The monoisotopic (exact) mass is 466 g/mol. The molecule has 0 aliphatic heterocycles. The summed E-state index contributed by atoms with van der Waals surface area (Å²) < 4.78 is 0. The Morgan fingerprint density at radius 1 is 0.567 bits per heavy atom. The van der Waals surface area contributed by atoms with Gasteiger partial charge in [-0.25, -0.2) is 15.0 Å². The first kappa shape index (κ1) is 26.3. The van der Waals surface area contributed by atoms with Crippen LogP contribution in [0.1, 0.15) is 76.4 Å². The molecule has 0 radical (unpaired) electrons. The van der Waals surface area contributed by atoms with E-state index in [1.54, 1.807) is 18.6 Å². The van der Waals surface area contributed by atoms with Gasteiger partial charge in [-0.1, -0.05) is 82.4 Å². The average molecular weight is 468 g/mol. The lowest BCUT2D eigenvalue weighted by atomic mass is 10.1. The Hall–Kier alpha value is -1.75. The highest BCUT2D eigenvalue weighted by molar-refractivity contribution is 6.30. The van der Waals surface area contributed by atoms with E-state index in [9.17, 15) is 0 Å². The van der Waals surface area contributed by atoms with E-state index < -0.39 is 0 Å². The largest absolute Gasteiger partial charge is 0.259 e. The zero-order valence-electron chi connectivity index (χ0n) is 18.3. The Kier molecular flexibility index (Phi) is 11.9. The molecule has 0 aliphatic rings. The topological polar surface area (TPSA) is 51.6 Å². The predicted octanol–water partition coefficient (Wildman–Crippen LogP) is 7.97. The second-order valence-electron chi connectivity index (χ2n) is 7.54. The van der Waals surface area contributed by atoms with Gasteiger partial charge in [0.15, 0.2) is 0 Å². The van der Waals surface area contributed by atoms with Crippen LogP contribution in [0.5, 0.6) is 0 Å². The normalized spacial score (nSPS) is 10.4. The summed E-state index contributed by atoms with van der Waals surface area (Å²) in [6, 6.07) is 7.63. The minimum Gasteiger partial charge on any atom is -0.259 e. The van der Waals surface area contributed by atoms with Crippen LogP contribution in [0.15, 0.2) is 49.1 Å². The van der Waals surface area contributed by atoms with E-state index in [4.69, 9.17) is 34.8 Å². The molecule has 3 heterocycles. The fourth-order valence-corrected chi connectivity index (χ4v) is 2.40. The molecule has 0 aromatic carbocycles. The number of rotatable bonds is 3. The van der Waals surface area contributed by atoms with Crippen LogP contribution in [0.3, 0.4) is 0 Å². The maximum absolute atomic E-state index is 5.65. The van der Waals surface area contributed by atoms with Gasteiger partial charge >= 0.3 is 0 Å². The Balaban J connectivity index is 0.000000225. The van der Waals surface area contributed by atoms with Gasteiger partial charge in [-0.3, -0.25) is 4.98 Å². The molecule has 0 aliphatic carbocycles. The Morgan fingerprint density at radius 2 is 1.17 bits per heavy atom. The highest BCUT2D eigenvalue weighted by atomic mass is 35.5. The van der Waals surface area contributed by atoms with Crippen LogP contribution < -0.4 is 0 Å². The van der Waals surface area contributed by atoms with Crippen molar-refractivity contribution in [3.63, 3.8) is 0 Å². The predicted molar refractivity (Wildman–Crippen MR) is 128 cm³/mol. The zero-order valence-corrected chi connectivity index (χ0v) is 20.5. The van der Waals surface area contributed by atoms with Crippen LogP contribution in [0, 0.1) is 0 Å². The van der Waals surface area contributed by atoms with Gasteiger partial charge in [0, 0.05) is 36.4 Å². The number of hydrogen-bond acceptors (Lipinski definition) is 4. The lowest BCUT2D eigenvalue weighted by molar-refractivity contribution is 0.774. The van der Waals surface area contributed by atoms with Crippen LogP contribution in [-0.4, -0.2) is 19.9 Å². The van der Waals surface area contributed by atoms with Crippen molar-refractivity contribution in [2.45, 2.75) is 59.3 Å². The van der Waals surface area contributed by atoms with Crippen LogP contribution in [0.2, 0.25) is 15.2 Å². The summed E-state index contributed by atoms with van der Waals surface area (Å²) in [4.78, 5) is 16.2. The Bertz CT molecular complexity index is 729. The zero-order chi connectivity index (χ0) is 22.7. The summed E-state index contributed by atoms with van der Waals surface area (Å²) in [5, 5.41) is 1.85. The summed E-state index contributed by atoms with van der Waals surface area (Å²) in [6.07, 6.45) is 6.72. The van der Waals surface area contributed by atoms with E-state index in [2.05, 4.69) is 47.6 Å². The second kappa shape index (κ2) is 13.5. The smallest absolute Gasteiger partial charge is 0.130 e. The molecule has 162 valence electrons. The molecule has 0 N–H and O–H groups in total. The Morgan fingerprint density at radius 3 is 1.57 bits per heavy atom. The molecule has 3 aromatic heterocycles. The highest BCUT2D eigenvalue weighted by Crippen LogP contribution is 2.14.